The Kier molecular flexibility index (Phi) is 4.29. The average molecular weight is 395 g/mol. The van der Waals surface area contributed by atoms with Gasteiger partial charge in [-0.15, -0.1) is 0 Å². The second-order valence-electron chi connectivity index (χ2n) is 7.14. The third kappa shape index (κ3) is 3.01. The highest BCUT2D eigenvalue weighted by atomic mass is 19.1. The van der Waals surface area contributed by atoms with Crippen LogP contribution in [0.15, 0.2) is 90.2 Å². The monoisotopic (exact) mass is 395 g/mol. The molecule has 2 heterocycles. The van der Waals surface area contributed by atoms with Crippen LogP contribution in [0.2, 0.25) is 0 Å². The quantitative estimate of drug-likeness (QED) is 0.422. The van der Waals surface area contributed by atoms with Gasteiger partial charge in [-0.2, -0.15) is 0 Å². The zero-order chi connectivity index (χ0) is 20.7. The number of imidazole rings is 1. The maximum absolute atomic E-state index is 13.3. The normalized spacial score (nSPS) is 11.2. The van der Waals surface area contributed by atoms with Crippen molar-refractivity contribution in [1.29, 1.82) is 0 Å². The summed E-state index contributed by atoms with van der Waals surface area (Å²) in [5.41, 5.74) is 4.91. The second-order valence-corrected chi connectivity index (χ2v) is 7.14. The highest BCUT2D eigenvalue weighted by Gasteiger charge is 2.15. The van der Waals surface area contributed by atoms with Crippen molar-refractivity contribution >= 4 is 22.9 Å². The maximum atomic E-state index is 13.3. The first-order valence-electron chi connectivity index (χ1n) is 9.62. The lowest BCUT2D eigenvalue weighted by atomic mass is 10.1. The molecule has 5 rings (SSSR count). The first kappa shape index (κ1) is 18.1. The zero-order valence-electron chi connectivity index (χ0n) is 16.1. The minimum atomic E-state index is -0.325. The summed E-state index contributed by atoms with van der Waals surface area (Å²) in [7, 11) is 0. The van der Waals surface area contributed by atoms with Crippen molar-refractivity contribution in [3.63, 3.8) is 0 Å². The van der Waals surface area contributed by atoms with Crippen molar-refractivity contribution in [2.45, 2.75) is 6.54 Å². The van der Waals surface area contributed by atoms with Crippen LogP contribution in [0, 0.1) is 5.82 Å². The summed E-state index contributed by atoms with van der Waals surface area (Å²) in [6, 6.07) is 23.4. The number of fused-ring (bicyclic) bond motifs is 3. The molecule has 0 atom stereocenters. The number of nitrogens with zero attached hydrogens (tertiary/aromatic N) is 3. The van der Waals surface area contributed by atoms with Crippen molar-refractivity contribution in [1.82, 2.24) is 14.0 Å². The highest BCUT2D eigenvalue weighted by molar-refractivity contribution is 5.81. The molecule has 146 valence electrons. The Hall–Kier alpha value is -3.99. The molecule has 2 aromatic heterocycles. The van der Waals surface area contributed by atoms with E-state index >= 15 is 0 Å². The molecule has 0 N–H and O–H groups in total. The van der Waals surface area contributed by atoms with Gasteiger partial charge < -0.3 is 4.57 Å². The van der Waals surface area contributed by atoms with Crippen molar-refractivity contribution in [3.8, 4) is 11.3 Å². The van der Waals surface area contributed by atoms with E-state index in [4.69, 9.17) is 4.98 Å². The van der Waals surface area contributed by atoms with Gasteiger partial charge in [0.1, 0.15) is 5.82 Å². The summed E-state index contributed by atoms with van der Waals surface area (Å²) < 4.78 is 17.0. The molecule has 0 amide bonds. The predicted octanol–water partition coefficient (Wildman–Crippen LogP) is 5.15. The minimum absolute atomic E-state index is 0.170. The average Bonchev–Trinajstić information content (AvgIpc) is 3.09. The number of benzene rings is 3. The van der Waals surface area contributed by atoms with Gasteiger partial charge in [0.15, 0.2) is 0 Å². The fourth-order valence-corrected chi connectivity index (χ4v) is 3.73. The standard InChI is InChI=1S/C25H18FN3O/c1-2-17-7-9-18(10-8-17)16-28-22-5-3-4-6-23(22)29-24(30)15-21(27-25(28)29)19-11-13-20(26)14-12-19/h2-15H,1,16H2. The van der Waals surface area contributed by atoms with Crippen LogP contribution < -0.4 is 5.56 Å². The van der Waals surface area contributed by atoms with E-state index in [-0.39, 0.29) is 11.4 Å². The van der Waals surface area contributed by atoms with E-state index < -0.39 is 0 Å². The fourth-order valence-electron chi connectivity index (χ4n) is 3.73. The van der Waals surface area contributed by atoms with Gasteiger partial charge in [-0.3, -0.25) is 4.79 Å². The molecule has 0 unspecified atom stereocenters. The van der Waals surface area contributed by atoms with Crippen LogP contribution in [0.5, 0.6) is 0 Å². The van der Waals surface area contributed by atoms with Gasteiger partial charge in [-0.1, -0.05) is 49.1 Å². The summed E-state index contributed by atoms with van der Waals surface area (Å²) in [6.07, 6.45) is 1.81. The number of aromatic nitrogens is 3. The Morgan fingerprint density at radius 3 is 2.33 bits per heavy atom. The summed E-state index contributed by atoms with van der Waals surface area (Å²) in [5.74, 6) is 0.226. The third-order valence-electron chi connectivity index (χ3n) is 5.25. The van der Waals surface area contributed by atoms with Gasteiger partial charge in [-0.25, -0.2) is 13.8 Å². The smallest absolute Gasteiger partial charge is 0.260 e. The molecule has 0 bridgehead atoms. The number of halogens is 1. The molecule has 0 aliphatic rings. The van der Waals surface area contributed by atoms with E-state index in [9.17, 15) is 9.18 Å². The Bertz CT molecular complexity index is 1440. The SMILES string of the molecule is C=Cc1ccc(Cn2c3ccccc3n3c(=O)cc(-c4ccc(F)cc4)nc23)cc1. The molecule has 5 aromatic rings. The molecular weight excluding hydrogens is 377 g/mol. The van der Waals surface area contributed by atoms with Crippen molar-refractivity contribution in [2.75, 3.05) is 0 Å². The number of hydrogen-bond donors (Lipinski definition) is 0. The van der Waals surface area contributed by atoms with Gasteiger partial charge >= 0.3 is 0 Å². The Morgan fingerprint density at radius 2 is 1.63 bits per heavy atom. The molecule has 5 heteroatoms. The van der Waals surface area contributed by atoms with Gasteiger partial charge in [0.05, 0.1) is 23.3 Å². The molecular formula is C25H18FN3O. The molecule has 0 aliphatic carbocycles. The van der Waals surface area contributed by atoms with E-state index in [1.807, 2.05) is 53.1 Å². The minimum Gasteiger partial charge on any atom is -0.305 e. The molecule has 0 saturated carbocycles. The first-order valence-corrected chi connectivity index (χ1v) is 9.62. The van der Waals surface area contributed by atoms with Crippen LogP contribution in [0.1, 0.15) is 11.1 Å². The molecule has 30 heavy (non-hydrogen) atoms. The van der Waals surface area contributed by atoms with Crippen molar-refractivity contribution < 1.29 is 4.39 Å². The highest BCUT2D eigenvalue weighted by Crippen LogP contribution is 2.23. The molecule has 0 saturated heterocycles. The Morgan fingerprint density at radius 1 is 0.933 bits per heavy atom. The lowest BCUT2D eigenvalue weighted by Gasteiger charge is -2.08. The largest absolute Gasteiger partial charge is 0.305 e. The van der Waals surface area contributed by atoms with Gasteiger partial charge in [-0.05, 0) is 47.5 Å². The summed E-state index contributed by atoms with van der Waals surface area (Å²) in [4.78, 5) is 17.8. The first-order chi connectivity index (χ1) is 14.6. The van der Waals surface area contributed by atoms with Crippen molar-refractivity contribution in [3.05, 3.63) is 113 Å². The molecule has 3 aromatic carbocycles. The topological polar surface area (TPSA) is 39.3 Å². The van der Waals surface area contributed by atoms with Gasteiger partial charge in [0, 0.05) is 11.6 Å². The fraction of sp³-hybridized carbons (Fsp3) is 0.0400. The number of para-hydroxylation sites is 2. The van der Waals surface area contributed by atoms with Gasteiger partial charge in [0.25, 0.3) is 5.56 Å². The zero-order valence-corrected chi connectivity index (χ0v) is 16.1. The summed E-state index contributed by atoms with van der Waals surface area (Å²) >= 11 is 0. The molecule has 0 fully saturated rings. The van der Waals surface area contributed by atoms with Gasteiger partial charge in [0.2, 0.25) is 5.78 Å². The van der Waals surface area contributed by atoms with Crippen LogP contribution in [-0.2, 0) is 6.54 Å². The van der Waals surface area contributed by atoms with E-state index in [1.54, 1.807) is 22.6 Å². The predicted molar refractivity (Wildman–Crippen MR) is 118 cm³/mol. The number of hydrogen-bond acceptors (Lipinski definition) is 2. The molecule has 0 radical (unpaired) electrons. The molecule has 4 nitrogen and oxygen atoms in total. The van der Waals surface area contributed by atoms with Crippen LogP contribution in [0.25, 0.3) is 34.1 Å². The summed E-state index contributed by atoms with van der Waals surface area (Å²) in [5, 5.41) is 0. The second kappa shape index (κ2) is 7.12. The van der Waals surface area contributed by atoms with E-state index in [2.05, 4.69) is 6.58 Å². The lowest BCUT2D eigenvalue weighted by Crippen LogP contribution is -2.14. The summed E-state index contributed by atoms with van der Waals surface area (Å²) in [6.45, 7) is 4.36. The van der Waals surface area contributed by atoms with E-state index in [1.165, 1.54) is 18.2 Å². The number of rotatable bonds is 4. The Balaban J connectivity index is 1.75. The Labute approximate surface area is 172 Å². The van der Waals surface area contributed by atoms with Crippen LogP contribution >= 0.6 is 0 Å². The van der Waals surface area contributed by atoms with Crippen LogP contribution in [0.3, 0.4) is 0 Å². The third-order valence-corrected chi connectivity index (χ3v) is 5.25. The molecule has 0 spiro atoms. The van der Waals surface area contributed by atoms with E-state index in [0.717, 1.165) is 22.2 Å². The maximum Gasteiger partial charge on any atom is 0.260 e. The van der Waals surface area contributed by atoms with Crippen LogP contribution in [-0.4, -0.2) is 14.0 Å². The van der Waals surface area contributed by atoms with Crippen molar-refractivity contribution in [2.24, 2.45) is 0 Å². The lowest BCUT2D eigenvalue weighted by molar-refractivity contribution is 0.628. The van der Waals surface area contributed by atoms with Crippen LogP contribution in [0.4, 0.5) is 4.39 Å². The molecule has 0 aliphatic heterocycles. The van der Waals surface area contributed by atoms with E-state index in [0.29, 0.717) is 23.6 Å².